The lowest BCUT2D eigenvalue weighted by molar-refractivity contribution is -0.133. The molecule has 0 fully saturated rings. The topological polar surface area (TPSA) is 26.3 Å². The molecule has 0 atom stereocenters. The van der Waals surface area contributed by atoms with Crippen molar-refractivity contribution < 1.29 is 8.98 Å². The van der Waals surface area contributed by atoms with Crippen molar-refractivity contribution in [2.45, 2.75) is 103 Å². The number of hydrogen-bond donors (Lipinski definition) is 0. The fourth-order valence-corrected chi connectivity index (χ4v) is 3.59. The first-order chi connectivity index (χ1) is 12.4. The van der Waals surface area contributed by atoms with Gasteiger partial charge in [-0.3, -0.25) is 4.79 Å². The summed E-state index contributed by atoms with van der Waals surface area (Å²) in [6.45, 7) is 0. The Balaban J connectivity index is 2.17. The highest BCUT2D eigenvalue weighted by atomic mass is 32.2. The quantitative estimate of drug-likeness (QED) is 0.327. The second-order valence-electron chi connectivity index (χ2n) is 7.04. The van der Waals surface area contributed by atoms with Gasteiger partial charge in [-0.1, -0.05) is 88.5 Å². The molecule has 1 aliphatic rings. The lowest BCUT2D eigenvalue weighted by Crippen LogP contribution is -1.98. The molecule has 0 aromatic rings. The predicted molar refractivity (Wildman–Crippen MR) is 111 cm³/mol. The van der Waals surface area contributed by atoms with Gasteiger partial charge in [0.2, 0.25) is 0 Å². The Morgan fingerprint density at radius 1 is 0.600 bits per heavy atom. The van der Waals surface area contributed by atoms with Crippen LogP contribution in [0.4, 0.5) is 0 Å². The Morgan fingerprint density at radius 3 is 1.72 bits per heavy atom. The van der Waals surface area contributed by atoms with Gasteiger partial charge in [0.25, 0.3) is 0 Å². The first-order valence-corrected chi connectivity index (χ1v) is 11.4. The van der Waals surface area contributed by atoms with Crippen molar-refractivity contribution in [1.29, 1.82) is 0 Å². The van der Waals surface area contributed by atoms with Crippen molar-refractivity contribution in [3.63, 3.8) is 0 Å². The summed E-state index contributed by atoms with van der Waals surface area (Å²) in [6, 6.07) is 0. The van der Waals surface area contributed by atoms with Gasteiger partial charge in [0.15, 0.2) is 0 Å². The molecule has 1 heterocycles. The number of allylic oxidation sites excluding steroid dienone is 3. The predicted octanol–water partition coefficient (Wildman–Crippen LogP) is 7.55. The summed E-state index contributed by atoms with van der Waals surface area (Å²) in [5.41, 5.74) is 0. The zero-order valence-corrected chi connectivity index (χ0v) is 16.9. The Morgan fingerprint density at radius 2 is 1.08 bits per heavy atom. The van der Waals surface area contributed by atoms with E-state index in [2.05, 4.69) is 24.3 Å². The van der Waals surface area contributed by atoms with Gasteiger partial charge < -0.3 is 4.18 Å². The highest BCUT2D eigenvalue weighted by Gasteiger charge is 2.02. The molecule has 0 aromatic carbocycles. The molecular formula is C22H38O2S. The SMILES string of the molecule is O=C1CCCCCCCCCCCCCC/C=C\CC/C=C/CSO1. The van der Waals surface area contributed by atoms with Crippen LogP contribution in [0.3, 0.4) is 0 Å². The third-order valence-electron chi connectivity index (χ3n) is 4.65. The Hall–Kier alpha value is -0.700. The maximum Gasteiger partial charge on any atom is 0.317 e. The minimum atomic E-state index is -0.0595. The molecule has 1 aliphatic heterocycles. The van der Waals surface area contributed by atoms with E-state index in [1.165, 1.54) is 82.7 Å². The number of hydrogen-bond acceptors (Lipinski definition) is 3. The summed E-state index contributed by atoms with van der Waals surface area (Å²) < 4.78 is 5.19. The molecule has 0 radical (unpaired) electrons. The lowest BCUT2D eigenvalue weighted by atomic mass is 10.0. The highest BCUT2D eigenvalue weighted by Crippen LogP contribution is 2.14. The molecule has 0 unspecified atom stereocenters. The van der Waals surface area contributed by atoms with Gasteiger partial charge in [-0.05, 0) is 32.1 Å². The summed E-state index contributed by atoms with van der Waals surface area (Å²) in [7, 11) is 0. The average Bonchev–Trinajstić information content (AvgIpc) is 2.61. The van der Waals surface area contributed by atoms with Crippen LogP contribution in [0, 0.1) is 0 Å². The molecule has 0 bridgehead atoms. The molecule has 1 rings (SSSR count). The molecule has 3 heteroatoms. The van der Waals surface area contributed by atoms with Crippen LogP contribution < -0.4 is 0 Å². The van der Waals surface area contributed by atoms with Crippen molar-refractivity contribution in [2.24, 2.45) is 0 Å². The van der Waals surface area contributed by atoms with Crippen LogP contribution in [0.5, 0.6) is 0 Å². The van der Waals surface area contributed by atoms with Crippen LogP contribution >= 0.6 is 12.0 Å². The van der Waals surface area contributed by atoms with Crippen molar-refractivity contribution in [3.8, 4) is 0 Å². The number of carbonyl (C=O) groups is 1. The largest absolute Gasteiger partial charge is 0.391 e. The van der Waals surface area contributed by atoms with Crippen LogP contribution in [0.2, 0.25) is 0 Å². The first kappa shape index (κ1) is 22.3. The summed E-state index contributed by atoms with van der Waals surface area (Å²) >= 11 is 1.27. The van der Waals surface area contributed by atoms with Gasteiger partial charge in [-0.25, -0.2) is 0 Å². The van der Waals surface area contributed by atoms with Crippen molar-refractivity contribution in [2.75, 3.05) is 5.75 Å². The van der Waals surface area contributed by atoms with E-state index in [9.17, 15) is 4.79 Å². The van der Waals surface area contributed by atoms with Gasteiger partial charge in [-0.2, -0.15) is 0 Å². The molecule has 0 aromatic heterocycles. The molecule has 25 heavy (non-hydrogen) atoms. The van der Waals surface area contributed by atoms with Crippen LogP contribution in [-0.4, -0.2) is 11.7 Å². The van der Waals surface area contributed by atoms with E-state index < -0.39 is 0 Å². The van der Waals surface area contributed by atoms with Crippen LogP contribution in [0.25, 0.3) is 0 Å². The maximum atomic E-state index is 11.6. The highest BCUT2D eigenvalue weighted by molar-refractivity contribution is 7.95. The molecule has 2 nitrogen and oxygen atoms in total. The second kappa shape index (κ2) is 18.1. The number of carbonyl (C=O) groups excluding carboxylic acids is 1. The fraction of sp³-hybridized carbons (Fsp3) is 0.773. The van der Waals surface area contributed by atoms with Crippen molar-refractivity contribution in [3.05, 3.63) is 24.3 Å². The maximum absolute atomic E-state index is 11.6. The number of rotatable bonds is 0. The van der Waals surface area contributed by atoms with E-state index in [1.807, 2.05) is 0 Å². The first-order valence-electron chi connectivity index (χ1n) is 10.5. The van der Waals surface area contributed by atoms with Crippen LogP contribution in [-0.2, 0) is 8.98 Å². The molecule has 0 saturated heterocycles. The molecule has 0 amide bonds. The molecule has 0 spiro atoms. The smallest absolute Gasteiger partial charge is 0.317 e. The Labute approximate surface area is 160 Å². The van der Waals surface area contributed by atoms with Gasteiger partial charge in [0.1, 0.15) is 0 Å². The molecule has 144 valence electrons. The van der Waals surface area contributed by atoms with Crippen LogP contribution in [0.15, 0.2) is 24.3 Å². The molecule has 0 saturated carbocycles. The van der Waals surface area contributed by atoms with Crippen molar-refractivity contribution in [1.82, 2.24) is 0 Å². The minimum Gasteiger partial charge on any atom is -0.391 e. The standard InChI is InChI=1S/C22H38O2S/c23-22-20-18-16-14-12-10-8-6-4-2-1-3-5-7-9-11-13-15-17-19-21-25-24-22/h9,11,17,19H,1-8,10,12-16,18,20-21H2/b11-9-,19-17+. The van der Waals surface area contributed by atoms with E-state index in [4.69, 9.17) is 4.18 Å². The van der Waals surface area contributed by atoms with E-state index in [0.717, 1.165) is 31.4 Å². The minimum absolute atomic E-state index is 0.0595. The van der Waals surface area contributed by atoms with E-state index in [0.29, 0.717) is 6.42 Å². The summed E-state index contributed by atoms with van der Waals surface area (Å²) in [5, 5.41) is 0. The van der Waals surface area contributed by atoms with Gasteiger partial charge in [0, 0.05) is 12.2 Å². The zero-order valence-electron chi connectivity index (χ0n) is 16.1. The van der Waals surface area contributed by atoms with E-state index in [1.54, 1.807) is 0 Å². The van der Waals surface area contributed by atoms with Gasteiger partial charge >= 0.3 is 5.97 Å². The van der Waals surface area contributed by atoms with Crippen LogP contribution in [0.1, 0.15) is 103 Å². The third kappa shape index (κ3) is 16.5. The molecule has 0 aliphatic carbocycles. The zero-order chi connectivity index (χ0) is 17.8. The van der Waals surface area contributed by atoms with Gasteiger partial charge in [-0.15, -0.1) is 0 Å². The third-order valence-corrected chi connectivity index (χ3v) is 5.28. The van der Waals surface area contributed by atoms with E-state index >= 15 is 0 Å². The Bertz CT molecular complexity index is 363. The Kier molecular flexibility index (Phi) is 16.2. The molecular weight excluding hydrogens is 328 g/mol. The van der Waals surface area contributed by atoms with E-state index in [-0.39, 0.29) is 5.97 Å². The monoisotopic (exact) mass is 366 g/mol. The second-order valence-corrected chi connectivity index (χ2v) is 7.78. The average molecular weight is 367 g/mol. The van der Waals surface area contributed by atoms with Crippen molar-refractivity contribution >= 4 is 18.0 Å². The van der Waals surface area contributed by atoms with Gasteiger partial charge in [0.05, 0.1) is 12.0 Å². The summed E-state index contributed by atoms with van der Waals surface area (Å²) in [6.07, 6.45) is 28.7. The summed E-state index contributed by atoms with van der Waals surface area (Å²) in [5.74, 6) is 0.700. The molecule has 0 N–H and O–H groups in total. The summed E-state index contributed by atoms with van der Waals surface area (Å²) in [4.78, 5) is 11.6. The normalized spacial score (nSPS) is 24.6. The lowest BCUT2D eigenvalue weighted by Gasteiger charge is -2.03. The fourth-order valence-electron chi connectivity index (χ4n) is 3.09.